The zero-order valence-corrected chi connectivity index (χ0v) is 13.1. The topological polar surface area (TPSA) is 64.1 Å². The highest BCUT2D eigenvalue weighted by atomic mass is 16.3. The van der Waals surface area contributed by atoms with Crippen LogP contribution in [0.25, 0.3) is 0 Å². The van der Waals surface area contributed by atoms with Crippen molar-refractivity contribution < 1.29 is 14.7 Å². The van der Waals surface area contributed by atoms with Crippen LogP contribution in [-0.2, 0) is 9.59 Å². The maximum absolute atomic E-state index is 12.5. The summed E-state index contributed by atoms with van der Waals surface area (Å²) in [7, 11) is 3.92. The fourth-order valence-corrected chi connectivity index (χ4v) is 3.22. The molecule has 0 aromatic heterocycles. The molecule has 0 saturated carbocycles. The second kappa shape index (κ2) is 7.22. The third-order valence-corrected chi connectivity index (χ3v) is 4.67. The minimum absolute atomic E-state index is 0.0800. The smallest absolute Gasteiger partial charge is 0.312 e. The van der Waals surface area contributed by atoms with Gasteiger partial charge in [0.1, 0.15) is 0 Å². The van der Waals surface area contributed by atoms with Crippen LogP contribution in [0.3, 0.4) is 0 Å². The summed E-state index contributed by atoms with van der Waals surface area (Å²) in [6.45, 7) is 1.80. The summed E-state index contributed by atoms with van der Waals surface area (Å²) >= 11 is 0. The van der Waals surface area contributed by atoms with E-state index < -0.39 is 11.8 Å². The SMILES string of the molecule is CN(C)[C@@H]1C[C@@H](CO)N(C(=O)C(=O)N2CCCCCC2)C1. The molecule has 0 unspecified atom stereocenters. The monoisotopic (exact) mass is 297 g/mol. The average Bonchev–Trinajstić information content (AvgIpc) is 2.73. The van der Waals surface area contributed by atoms with Crippen LogP contribution in [0, 0.1) is 0 Å². The number of hydrogen-bond donors (Lipinski definition) is 1. The first kappa shape index (κ1) is 16.2. The van der Waals surface area contributed by atoms with E-state index in [0.717, 1.165) is 32.1 Å². The van der Waals surface area contributed by atoms with Crippen molar-refractivity contribution in [2.75, 3.05) is 40.3 Å². The van der Waals surface area contributed by atoms with Crippen LogP contribution in [0.5, 0.6) is 0 Å². The number of likely N-dealkylation sites (tertiary alicyclic amines) is 2. The van der Waals surface area contributed by atoms with Gasteiger partial charge in [-0.05, 0) is 33.4 Å². The highest BCUT2D eigenvalue weighted by Crippen LogP contribution is 2.21. The first-order chi connectivity index (χ1) is 10.0. The number of aliphatic hydroxyl groups is 1. The Hall–Kier alpha value is -1.14. The van der Waals surface area contributed by atoms with Crippen LogP contribution in [-0.4, -0.2) is 84.0 Å². The van der Waals surface area contributed by atoms with E-state index in [1.807, 2.05) is 19.0 Å². The number of carbonyl (C=O) groups is 2. The van der Waals surface area contributed by atoms with Crippen molar-refractivity contribution in [2.45, 2.75) is 44.2 Å². The zero-order valence-electron chi connectivity index (χ0n) is 13.1. The van der Waals surface area contributed by atoms with Gasteiger partial charge in [-0.25, -0.2) is 0 Å². The molecule has 21 heavy (non-hydrogen) atoms. The molecule has 0 aromatic rings. The second-order valence-corrected chi connectivity index (χ2v) is 6.35. The van der Waals surface area contributed by atoms with Gasteiger partial charge in [-0.3, -0.25) is 9.59 Å². The lowest BCUT2D eigenvalue weighted by atomic mass is 10.1. The molecule has 120 valence electrons. The Morgan fingerprint density at radius 1 is 1.10 bits per heavy atom. The fourth-order valence-electron chi connectivity index (χ4n) is 3.22. The quantitative estimate of drug-likeness (QED) is 0.724. The van der Waals surface area contributed by atoms with Crippen LogP contribution in [0.4, 0.5) is 0 Å². The van der Waals surface area contributed by atoms with E-state index in [0.29, 0.717) is 19.6 Å². The van der Waals surface area contributed by atoms with E-state index >= 15 is 0 Å². The fraction of sp³-hybridized carbons (Fsp3) is 0.867. The summed E-state index contributed by atoms with van der Waals surface area (Å²) < 4.78 is 0. The number of nitrogens with zero attached hydrogens (tertiary/aromatic N) is 3. The van der Waals surface area contributed by atoms with Crippen molar-refractivity contribution in [3.05, 3.63) is 0 Å². The van der Waals surface area contributed by atoms with Crippen LogP contribution in [0.1, 0.15) is 32.1 Å². The minimum atomic E-state index is -0.444. The average molecular weight is 297 g/mol. The van der Waals surface area contributed by atoms with Crippen molar-refractivity contribution in [1.29, 1.82) is 0 Å². The molecule has 2 fully saturated rings. The maximum Gasteiger partial charge on any atom is 0.312 e. The molecule has 2 aliphatic rings. The Kier molecular flexibility index (Phi) is 5.58. The summed E-state index contributed by atoms with van der Waals surface area (Å²) in [6.07, 6.45) is 4.93. The van der Waals surface area contributed by atoms with Gasteiger partial charge >= 0.3 is 11.8 Å². The molecule has 2 atom stereocenters. The van der Waals surface area contributed by atoms with Crippen molar-refractivity contribution in [1.82, 2.24) is 14.7 Å². The van der Waals surface area contributed by atoms with Gasteiger partial charge in [0, 0.05) is 25.7 Å². The Labute approximate surface area is 126 Å². The number of rotatable bonds is 2. The van der Waals surface area contributed by atoms with E-state index in [-0.39, 0.29) is 18.7 Å². The molecule has 0 spiro atoms. The number of amides is 2. The zero-order chi connectivity index (χ0) is 15.4. The predicted octanol–water partition coefficient (Wildman–Crippen LogP) is -0.0876. The molecular weight excluding hydrogens is 270 g/mol. The Morgan fingerprint density at radius 3 is 2.24 bits per heavy atom. The van der Waals surface area contributed by atoms with E-state index in [2.05, 4.69) is 0 Å². The van der Waals surface area contributed by atoms with Crippen molar-refractivity contribution >= 4 is 11.8 Å². The highest BCUT2D eigenvalue weighted by molar-refractivity contribution is 6.35. The summed E-state index contributed by atoms with van der Waals surface area (Å²) in [4.78, 5) is 30.2. The van der Waals surface area contributed by atoms with Gasteiger partial charge in [-0.2, -0.15) is 0 Å². The van der Waals surface area contributed by atoms with Crippen molar-refractivity contribution in [2.24, 2.45) is 0 Å². The molecule has 0 bridgehead atoms. The molecule has 2 heterocycles. The standard InChI is InChI=1S/C15H27N3O3/c1-16(2)12-9-13(11-19)18(10-12)15(21)14(20)17-7-5-3-4-6-8-17/h12-13,19H,3-11H2,1-2H3/t12-,13+/m1/s1. The maximum atomic E-state index is 12.5. The predicted molar refractivity (Wildman–Crippen MR) is 79.7 cm³/mol. The largest absolute Gasteiger partial charge is 0.394 e. The van der Waals surface area contributed by atoms with Gasteiger partial charge in [0.15, 0.2) is 0 Å². The van der Waals surface area contributed by atoms with Crippen LogP contribution in [0.15, 0.2) is 0 Å². The summed E-state index contributed by atoms with van der Waals surface area (Å²) in [5.74, 6) is -0.838. The molecule has 2 saturated heterocycles. The summed E-state index contributed by atoms with van der Waals surface area (Å²) in [5, 5.41) is 9.48. The van der Waals surface area contributed by atoms with Crippen LogP contribution < -0.4 is 0 Å². The molecule has 0 radical (unpaired) electrons. The number of hydrogen-bond acceptors (Lipinski definition) is 4. The first-order valence-corrected chi connectivity index (χ1v) is 7.91. The number of likely N-dealkylation sites (N-methyl/N-ethyl adjacent to an activating group) is 1. The van der Waals surface area contributed by atoms with E-state index in [9.17, 15) is 14.7 Å². The first-order valence-electron chi connectivity index (χ1n) is 7.91. The molecule has 2 amide bonds. The Balaban J connectivity index is 2.01. The Bertz CT molecular complexity index is 378. The van der Waals surface area contributed by atoms with Gasteiger partial charge in [0.05, 0.1) is 12.6 Å². The van der Waals surface area contributed by atoms with Crippen LogP contribution >= 0.6 is 0 Å². The van der Waals surface area contributed by atoms with E-state index in [4.69, 9.17) is 0 Å². The van der Waals surface area contributed by atoms with E-state index in [1.54, 1.807) is 9.80 Å². The van der Waals surface area contributed by atoms with Crippen molar-refractivity contribution in [3.63, 3.8) is 0 Å². The third-order valence-electron chi connectivity index (χ3n) is 4.67. The lowest BCUT2D eigenvalue weighted by Gasteiger charge is -2.26. The minimum Gasteiger partial charge on any atom is -0.394 e. The molecule has 0 aliphatic carbocycles. The molecule has 2 rings (SSSR count). The van der Waals surface area contributed by atoms with Gasteiger partial charge in [0.2, 0.25) is 0 Å². The second-order valence-electron chi connectivity index (χ2n) is 6.35. The molecule has 6 nitrogen and oxygen atoms in total. The molecular formula is C15H27N3O3. The molecule has 0 aromatic carbocycles. The molecule has 1 N–H and O–H groups in total. The summed E-state index contributed by atoms with van der Waals surface area (Å²) in [6, 6.07) is -0.0242. The van der Waals surface area contributed by atoms with Gasteiger partial charge < -0.3 is 19.8 Å². The molecule has 2 aliphatic heterocycles. The number of aliphatic hydroxyl groups excluding tert-OH is 1. The number of carbonyl (C=O) groups excluding carboxylic acids is 2. The molecule has 6 heteroatoms. The van der Waals surface area contributed by atoms with E-state index in [1.165, 1.54) is 0 Å². The normalized spacial score (nSPS) is 27.0. The third kappa shape index (κ3) is 3.74. The summed E-state index contributed by atoms with van der Waals surface area (Å²) in [5.41, 5.74) is 0. The Morgan fingerprint density at radius 2 is 1.71 bits per heavy atom. The lowest BCUT2D eigenvalue weighted by molar-refractivity contribution is -0.152. The van der Waals surface area contributed by atoms with Gasteiger partial charge in [-0.15, -0.1) is 0 Å². The van der Waals surface area contributed by atoms with Gasteiger partial charge in [0.25, 0.3) is 0 Å². The highest BCUT2D eigenvalue weighted by Gasteiger charge is 2.39. The van der Waals surface area contributed by atoms with Crippen molar-refractivity contribution in [3.8, 4) is 0 Å². The lowest BCUT2D eigenvalue weighted by Crippen LogP contribution is -2.48. The van der Waals surface area contributed by atoms with Crippen LogP contribution in [0.2, 0.25) is 0 Å². The van der Waals surface area contributed by atoms with Gasteiger partial charge in [-0.1, -0.05) is 12.8 Å².